The molecule has 5 rings (SSSR count). The molecule has 0 bridgehead atoms. The van der Waals surface area contributed by atoms with Gasteiger partial charge in [0, 0.05) is 24.2 Å². The molecule has 1 fully saturated rings. The summed E-state index contributed by atoms with van der Waals surface area (Å²) >= 11 is 0. The molecule has 0 aromatic heterocycles. The van der Waals surface area contributed by atoms with E-state index in [2.05, 4.69) is 0 Å². The lowest BCUT2D eigenvalue weighted by atomic mass is 10.1. The molecule has 1 unspecified atom stereocenters. The van der Waals surface area contributed by atoms with E-state index in [0.717, 1.165) is 16.5 Å². The number of nitro groups is 1. The molecule has 0 radical (unpaired) electrons. The first kappa shape index (κ1) is 23.0. The van der Waals surface area contributed by atoms with Crippen LogP contribution in [0, 0.1) is 17.0 Å². The number of fused-ring (bicyclic) bond motifs is 1. The number of carbonyl (C=O) groups is 3. The molecular formula is C26H21N3O7. The van der Waals surface area contributed by atoms with Gasteiger partial charge in [0.1, 0.15) is 6.04 Å². The van der Waals surface area contributed by atoms with Crippen LogP contribution in [0.15, 0.2) is 66.7 Å². The van der Waals surface area contributed by atoms with Crippen molar-refractivity contribution in [2.75, 3.05) is 11.7 Å². The third kappa shape index (κ3) is 4.24. The third-order valence-electron chi connectivity index (χ3n) is 6.15. The number of nitro benzene ring substituents is 1. The molecule has 36 heavy (non-hydrogen) atoms. The maximum absolute atomic E-state index is 13.7. The minimum Gasteiger partial charge on any atom is -0.454 e. The van der Waals surface area contributed by atoms with Crippen LogP contribution < -0.4 is 14.4 Å². The van der Waals surface area contributed by atoms with Crippen molar-refractivity contribution in [2.45, 2.75) is 25.9 Å². The van der Waals surface area contributed by atoms with Crippen LogP contribution in [0.5, 0.6) is 11.5 Å². The van der Waals surface area contributed by atoms with Crippen LogP contribution in [0.25, 0.3) is 0 Å². The van der Waals surface area contributed by atoms with Gasteiger partial charge in [0.25, 0.3) is 17.5 Å². The lowest BCUT2D eigenvalue weighted by molar-refractivity contribution is -0.384. The fraction of sp³-hybridized carbons (Fsp3) is 0.192. The van der Waals surface area contributed by atoms with Gasteiger partial charge in [-0.3, -0.25) is 24.5 Å². The molecule has 10 nitrogen and oxygen atoms in total. The summed E-state index contributed by atoms with van der Waals surface area (Å²) in [6, 6.07) is 16.3. The molecule has 3 amide bonds. The molecule has 1 atom stereocenters. The molecule has 0 saturated carbocycles. The van der Waals surface area contributed by atoms with Crippen molar-refractivity contribution in [3.63, 3.8) is 0 Å². The van der Waals surface area contributed by atoms with Crippen LogP contribution in [0.3, 0.4) is 0 Å². The zero-order chi connectivity index (χ0) is 25.4. The summed E-state index contributed by atoms with van der Waals surface area (Å²) in [5.41, 5.74) is 1.83. The molecule has 0 aliphatic carbocycles. The van der Waals surface area contributed by atoms with Gasteiger partial charge in [-0.25, -0.2) is 4.90 Å². The van der Waals surface area contributed by atoms with Crippen molar-refractivity contribution in [2.24, 2.45) is 0 Å². The van der Waals surface area contributed by atoms with Gasteiger partial charge in [0.2, 0.25) is 12.7 Å². The highest BCUT2D eigenvalue weighted by molar-refractivity contribution is 6.23. The molecule has 2 heterocycles. The number of ether oxygens (including phenoxy) is 2. The standard InChI is InChI=1S/C26H21N3O7/c1-16-5-8-19(9-6-16)28-24(30)13-21(26(28)32)27(14-17-7-10-22-23(11-17)36-15-35-22)25(31)18-3-2-4-20(12-18)29(33)34/h2-12,21H,13-15H2,1H3. The van der Waals surface area contributed by atoms with Crippen LogP contribution in [0.2, 0.25) is 0 Å². The number of aryl methyl sites for hydroxylation is 1. The molecule has 3 aromatic carbocycles. The van der Waals surface area contributed by atoms with Crippen molar-refractivity contribution in [1.82, 2.24) is 4.90 Å². The predicted molar refractivity (Wildman–Crippen MR) is 128 cm³/mol. The summed E-state index contributed by atoms with van der Waals surface area (Å²) < 4.78 is 10.8. The van der Waals surface area contributed by atoms with Gasteiger partial charge in [0.05, 0.1) is 17.0 Å². The molecule has 1 saturated heterocycles. The molecule has 3 aromatic rings. The van der Waals surface area contributed by atoms with Gasteiger partial charge in [0.15, 0.2) is 11.5 Å². The fourth-order valence-corrected chi connectivity index (χ4v) is 4.30. The van der Waals surface area contributed by atoms with E-state index in [1.807, 2.05) is 6.92 Å². The number of imide groups is 1. The number of nitrogens with zero attached hydrogens (tertiary/aromatic N) is 3. The number of rotatable bonds is 6. The monoisotopic (exact) mass is 487 g/mol. The number of amides is 3. The molecular weight excluding hydrogens is 466 g/mol. The average Bonchev–Trinajstić information content (AvgIpc) is 3.46. The molecule has 2 aliphatic rings. The number of hydrogen-bond acceptors (Lipinski definition) is 7. The Labute approximate surface area is 205 Å². The number of anilines is 1. The molecule has 0 N–H and O–H groups in total. The zero-order valence-corrected chi connectivity index (χ0v) is 19.2. The number of benzene rings is 3. The second kappa shape index (κ2) is 9.14. The first-order valence-electron chi connectivity index (χ1n) is 11.2. The van der Waals surface area contributed by atoms with E-state index in [1.165, 1.54) is 23.1 Å². The second-order valence-corrected chi connectivity index (χ2v) is 8.55. The van der Waals surface area contributed by atoms with Crippen molar-refractivity contribution >= 4 is 29.1 Å². The van der Waals surface area contributed by atoms with E-state index in [1.54, 1.807) is 42.5 Å². The van der Waals surface area contributed by atoms with Gasteiger partial charge in [-0.05, 0) is 42.8 Å². The Morgan fingerprint density at radius 1 is 1.06 bits per heavy atom. The summed E-state index contributed by atoms with van der Waals surface area (Å²) in [5, 5.41) is 11.3. The van der Waals surface area contributed by atoms with Crippen LogP contribution in [-0.4, -0.2) is 40.4 Å². The van der Waals surface area contributed by atoms with Crippen molar-refractivity contribution < 1.29 is 28.8 Å². The Bertz CT molecular complexity index is 1390. The Kier molecular flexibility index (Phi) is 5.85. The first-order valence-corrected chi connectivity index (χ1v) is 11.2. The van der Waals surface area contributed by atoms with Crippen molar-refractivity contribution in [3.8, 4) is 11.5 Å². The zero-order valence-electron chi connectivity index (χ0n) is 19.2. The number of carbonyl (C=O) groups excluding carboxylic acids is 3. The predicted octanol–water partition coefficient (Wildman–Crippen LogP) is 3.61. The van der Waals surface area contributed by atoms with Crippen molar-refractivity contribution in [3.05, 3.63) is 93.5 Å². The highest BCUT2D eigenvalue weighted by atomic mass is 16.7. The summed E-state index contributed by atoms with van der Waals surface area (Å²) in [6.07, 6.45) is -0.210. The van der Waals surface area contributed by atoms with Crippen molar-refractivity contribution in [1.29, 1.82) is 0 Å². The summed E-state index contributed by atoms with van der Waals surface area (Å²) in [7, 11) is 0. The van der Waals surface area contributed by atoms with E-state index in [9.17, 15) is 24.5 Å². The average molecular weight is 487 g/mol. The third-order valence-corrected chi connectivity index (χ3v) is 6.15. The molecule has 10 heteroatoms. The Balaban J connectivity index is 1.51. The lowest BCUT2D eigenvalue weighted by Crippen LogP contribution is -2.45. The smallest absolute Gasteiger partial charge is 0.270 e. The van der Waals surface area contributed by atoms with E-state index in [0.29, 0.717) is 22.7 Å². The summed E-state index contributed by atoms with van der Waals surface area (Å²) in [5.74, 6) is -0.508. The Morgan fingerprint density at radius 2 is 1.81 bits per heavy atom. The minimum absolute atomic E-state index is 0.0242. The maximum Gasteiger partial charge on any atom is 0.270 e. The van der Waals surface area contributed by atoms with E-state index in [4.69, 9.17) is 9.47 Å². The SMILES string of the molecule is Cc1ccc(N2C(=O)CC(N(Cc3ccc4c(c3)OCO4)C(=O)c3cccc([N+](=O)[O-])c3)C2=O)cc1. The van der Waals surface area contributed by atoms with Crippen LogP contribution in [0.1, 0.15) is 27.9 Å². The molecule has 182 valence electrons. The van der Waals surface area contributed by atoms with Crippen LogP contribution >= 0.6 is 0 Å². The summed E-state index contributed by atoms with van der Waals surface area (Å²) in [6.45, 7) is 1.95. The lowest BCUT2D eigenvalue weighted by Gasteiger charge is -2.28. The van der Waals surface area contributed by atoms with Gasteiger partial charge in [-0.15, -0.1) is 0 Å². The maximum atomic E-state index is 13.7. The minimum atomic E-state index is -1.09. The quantitative estimate of drug-likeness (QED) is 0.296. The van der Waals surface area contributed by atoms with E-state index < -0.39 is 28.7 Å². The Morgan fingerprint density at radius 3 is 2.56 bits per heavy atom. The summed E-state index contributed by atoms with van der Waals surface area (Å²) in [4.78, 5) is 53.1. The highest BCUT2D eigenvalue weighted by Gasteiger charge is 2.44. The topological polar surface area (TPSA) is 119 Å². The molecule has 2 aliphatic heterocycles. The Hall–Kier alpha value is -4.73. The highest BCUT2D eigenvalue weighted by Crippen LogP contribution is 2.34. The molecule has 0 spiro atoms. The fourth-order valence-electron chi connectivity index (χ4n) is 4.30. The van der Waals surface area contributed by atoms with Gasteiger partial charge in [-0.1, -0.05) is 29.8 Å². The van der Waals surface area contributed by atoms with Gasteiger partial charge >= 0.3 is 0 Å². The normalized spacial score (nSPS) is 16.4. The van der Waals surface area contributed by atoms with E-state index >= 15 is 0 Å². The number of hydrogen-bond donors (Lipinski definition) is 0. The van der Waals surface area contributed by atoms with Gasteiger partial charge in [-0.2, -0.15) is 0 Å². The first-order chi connectivity index (χ1) is 17.3. The largest absolute Gasteiger partial charge is 0.454 e. The second-order valence-electron chi connectivity index (χ2n) is 8.55. The van der Waals surface area contributed by atoms with E-state index in [-0.39, 0.29) is 31.0 Å². The van der Waals surface area contributed by atoms with Crippen LogP contribution in [-0.2, 0) is 16.1 Å². The van der Waals surface area contributed by atoms with Gasteiger partial charge < -0.3 is 14.4 Å². The number of non-ortho nitro benzene ring substituents is 1. The van der Waals surface area contributed by atoms with Crippen LogP contribution in [0.4, 0.5) is 11.4 Å².